The molecule has 0 aliphatic carbocycles. The fraction of sp³-hybridized carbons (Fsp3) is 0.130. The number of hydrogen-bond acceptors (Lipinski definition) is 3. The van der Waals surface area contributed by atoms with Gasteiger partial charge in [0.2, 0.25) is 0 Å². The second kappa shape index (κ2) is 7.90. The van der Waals surface area contributed by atoms with Crippen LogP contribution in [0, 0.1) is 0 Å². The number of rotatable bonds is 3. The lowest BCUT2D eigenvalue weighted by molar-refractivity contribution is -0.143. The van der Waals surface area contributed by atoms with Gasteiger partial charge in [0, 0.05) is 17.1 Å². The van der Waals surface area contributed by atoms with Crippen LogP contribution in [0.2, 0.25) is 0 Å². The molecule has 0 radical (unpaired) electrons. The van der Waals surface area contributed by atoms with Crippen LogP contribution in [-0.2, 0) is 12.4 Å². The van der Waals surface area contributed by atoms with E-state index in [-0.39, 0.29) is 16.8 Å². The van der Waals surface area contributed by atoms with E-state index >= 15 is 0 Å². The van der Waals surface area contributed by atoms with Gasteiger partial charge in [0.1, 0.15) is 6.10 Å². The van der Waals surface area contributed by atoms with Crippen LogP contribution >= 0.6 is 0 Å². The third-order valence-corrected chi connectivity index (χ3v) is 4.91. The zero-order valence-electron chi connectivity index (χ0n) is 16.1. The van der Waals surface area contributed by atoms with Crippen molar-refractivity contribution in [2.24, 2.45) is 0 Å². The number of pyridine rings is 2. The quantitative estimate of drug-likeness (QED) is 0.368. The summed E-state index contributed by atoms with van der Waals surface area (Å²) >= 11 is 0. The van der Waals surface area contributed by atoms with Crippen LogP contribution in [-0.4, -0.2) is 15.1 Å². The van der Waals surface area contributed by atoms with Crippen LogP contribution in [0.5, 0.6) is 0 Å². The lowest BCUT2D eigenvalue weighted by Crippen LogP contribution is -2.17. The van der Waals surface area contributed by atoms with Crippen molar-refractivity contribution >= 4 is 10.9 Å². The third-order valence-electron chi connectivity index (χ3n) is 4.91. The van der Waals surface area contributed by atoms with Crippen LogP contribution < -0.4 is 0 Å². The highest BCUT2D eigenvalue weighted by Crippen LogP contribution is 2.47. The summed E-state index contributed by atoms with van der Waals surface area (Å²) in [6.45, 7) is 0. The Morgan fingerprint density at radius 3 is 2.06 bits per heavy atom. The van der Waals surface area contributed by atoms with Gasteiger partial charge in [-0.15, -0.1) is 0 Å². The minimum atomic E-state index is -5.12. The number of halogens is 6. The van der Waals surface area contributed by atoms with Gasteiger partial charge in [-0.3, -0.25) is 4.98 Å². The van der Waals surface area contributed by atoms with Gasteiger partial charge in [-0.25, -0.2) is 4.98 Å². The molecule has 2 heterocycles. The molecular weight excluding hydrogens is 434 g/mol. The van der Waals surface area contributed by atoms with E-state index in [1.54, 1.807) is 12.1 Å². The number of aliphatic hydroxyl groups excluding tert-OH is 1. The molecule has 0 amide bonds. The van der Waals surface area contributed by atoms with E-state index in [4.69, 9.17) is 0 Å². The first kappa shape index (κ1) is 21.8. The van der Waals surface area contributed by atoms with E-state index in [9.17, 15) is 31.4 Å². The molecule has 0 spiro atoms. The molecular formula is C23H14F6N2O. The van der Waals surface area contributed by atoms with Gasteiger partial charge >= 0.3 is 12.4 Å². The maximum atomic E-state index is 14.2. The van der Waals surface area contributed by atoms with Crippen molar-refractivity contribution < 1.29 is 31.4 Å². The highest BCUT2D eigenvalue weighted by Gasteiger charge is 2.44. The van der Waals surface area contributed by atoms with Crippen molar-refractivity contribution in [2.45, 2.75) is 18.5 Å². The van der Waals surface area contributed by atoms with Crippen molar-refractivity contribution in [3.05, 3.63) is 95.4 Å². The van der Waals surface area contributed by atoms with Crippen LogP contribution in [0.3, 0.4) is 0 Å². The van der Waals surface area contributed by atoms with Crippen LogP contribution in [0.4, 0.5) is 26.3 Å². The highest BCUT2D eigenvalue weighted by atomic mass is 19.4. The van der Waals surface area contributed by atoms with Crippen molar-refractivity contribution in [1.29, 1.82) is 0 Å². The van der Waals surface area contributed by atoms with Crippen LogP contribution in [0.25, 0.3) is 22.0 Å². The molecule has 2 aromatic heterocycles. The summed E-state index contributed by atoms with van der Waals surface area (Å²) in [4.78, 5) is 7.53. The third kappa shape index (κ3) is 4.03. The van der Waals surface area contributed by atoms with Crippen molar-refractivity contribution in [1.82, 2.24) is 9.97 Å². The number of hydrogen-bond donors (Lipinski definition) is 1. The standard InChI is InChI=1S/C23H14F6N2O/c24-22(25,26)19-15-12-14(20(32)17-8-4-5-11-30-17)9-10-16(15)31-21(23(27,28)29)18(19)13-6-2-1-3-7-13/h1-12,20,32H. The van der Waals surface area contributed by atoms with Crippen LogP contribution in [0.15, 0.2) is 72.9 Å². The molecule has 1 unspecified atom stereocenters. The minimum absolute atomic E-state index is 0.0438. The Morgan fingerprint density at radius 2 is 1.47 bits per heavy atom. The molecule has 32 heavy (non-hydrogen) atoms. The second-order valence-electron chi connectivity index (χ2n) is 7.01. The fourth-order valence-electron chi connectivity index (χ4n) is 3.54. The maximum absolute atomic E-state index is 14.2. The normalized spacial score (nSPS) is 13.3. The highest BCUT2D eigenvalue weighted by molar-refractivity contribution is 5.91. The Bertz CT molecular complexity index is 1250. The molecule has 4 aromatic rings. The molecule has 1 atom stereocenters. The first-order chi connectivity index (χ1) is 15.1. The largest absolute Gasteiger partial charge is 0.433 e. The summed E-state index contributed by atoms with van der Waals surface area (Å²) in [5.74, 6) is 0. The van der Waals surface area contributed by atoms with E-state index in [0.29, 0.717) is 0 Å². The van der Waals surface area contributed by atoms with Gasteiger partial charge in [0.25, 0.3) is 0 Å². The van der Waals surface area contributed by atoms with E-state index in [2.05, 4.69) is 9.97 Å². The first-order valence-electron chi connectivity index (χ1n) is 9.34. The Morgan fingerprint density at radius 1 is 0.781 bits per heavy atom. The summed E-state index contributed by atoms with van der Waals surface area (Å²) < 4.78 is 84.0. The van der Waals surface area contributed by atoms with Crippen LogP contribution in [0.1, 0.15) is 28.6 Å². The van der Waals surface area contributed by atoms with Gasteiger partial charge in [0.15, 0.2) is 5.69 Å². The summed E-state index contributed by atoms with van der Waals surface area (Å²) in [6, 6.07) is 14.5. The Kier molecular flexibility index (Phi) is 5.37. The SMILES string of the molecule is OC(c1ccc2nc(C(F)(F)F)c(-c3ccccc3)c(C(F)(F)F)c2c1)c1ccccn1. The zero-order chi connectivity index (χ0) is 23.1. The fourth-order valence-corrected chi connectivity index (χ4v) is 3.54. The van der Waals surface area contributed by atoms with E-state index in [1.807, 2.05) is 0 Å². The summed E-state index contributed by atoms with van der Waals surface area (Å²) in [7, 11) is 0. The average molecular weight is 448 g/mol. The number of aliphatic hydroxyl groups is 1. The van der Waals surface area contributed by atoms with Gasteiger partial charge < -0.3 is 5.11 Å². The van der Waals surface area contributed by atoms with Crippen molar-refractivity contribution in [3.63, 3.8) is 0 Å². The molecule has 0 bridgehead atoms. The number of alkyl halides is 6. The molecule has 164 valence electrons. The molecule has 9 heteroatoms. The molecule has 0 aliphatic rings. The molecule has 0 aliphatic heterocycles. The Labute approximate surface area is 178 Å². The maximum Gasteiger partial charge on any atom is 0.433 e. The van der Waals surface area contributed by atoms with Gasteiger partial charge in [-0.05, 0) is 35.4 Å². The minimum Gasteiger partial charge on any atom is -0.382 e. The van der Waals surface area contributed by atoms with Crippen molar-refractivity contribution in [2.75, 3.05) is 0 Å². The van der Waals surface area contributed by atoms with E-state index in [0.717, 1.165) is 12.1 Å². The number of benzene rings is 2. The smallest absolute Gasteiger partial charge is 0.382 e. The summed E-state index contributed by atoms with van der Waals surface area (Å²) in [5.41, 5.74) is -4.66. The first-order valence-corrected chi connectivity index (χ1v) is 9.34. The lowest BCUT2D eigenvalue weighted by Gasteiger charge is -2.21. The number of nitrogens with zero attached hydrogens (tertiary/aromatic N) is 2. The molecule has 4 rings (SSSR count). The topological polar surface area (TPSA) is 46.0 Å². The molecule has 0 fully saturated rings. The lowest BCUT2D eigenvalue weighted by atomic mass is 9.92. The monoisotopic (exact) mass is 448 g/mol. The molecule has 3 nitrogen and oxygen atoms in total. The summed E-state index contributed by atoms with van der Waals surface area (Å²) in [6.07, 6.45) is -10.2. The summed E-state index contributed by atoms with van der Waals surface area (Å²) in [5, 5.41) is 10.0. The number of fused-ring (bicyclic) bond motifs is 1. The Balaban J connectivity index is 2.07. The van der Waals surface area contributed by atoms with Gasteiger partial charge in [-0.2, -0.15) is 26.3 Å². The molecule has 2 aromatic carbocycles. The average Bonchev–Trinajstić information content (AvgIpc) is 2.76. The van der Waals surface area contributed by atoms with E-state index < -0.39 is 46.2 Å². The number of aromatic nitrogens is 2. The molecule has 0 saturated heterocycles. The van der Waals surface area contributed by atoms with E-state index in [1.165, 1.54) is 48.7 Å². The predicted molar refractivity (Wildman–Crippen MR) is 105 cm³/mol. The van der Waals surface area contributed by atoms with Gasteiger partial charge in [-0.1, -0.05) is 42.5 Å². The second-order valence-corrected chi connectivity index (χ2v) is 7.01. The van der Waals surface area contributed by atoms with Gasteiger partial charge in [0.05, 0.1) is 16.8 Å². The molecule has 0 saturated carbocycles. The van der Waals surface area contributed by atoms with Crippen molar-refractivity contribution in [3.8, 4) is 11.1 Å². The molecule has 1 N–H and O–H groups in total. The predicted octanol–water partition coefficient (Wildman–Crippen LogP) is 6.42. The Hall–Kier alpha value is -3.46. The zero-order valence-corrected chi connectivity index (χ0v) is 16.1.